The molecule has 0 spiro atoms. The summed E-state index contributed by atoms with van der Waals surface area (Å²) in [6.07, 6.45) is 0.750. The van der Waals surface area contributed by atoms with Gasteiger partial charge in [-0.25, -0.2) is 9.78 Å². The molecule has 0 radical (unpaired) electrons. The first kappa shape index (κ1) is 15.7. The molecule has 2 aromatic carbocycles. The molecule has 0 atom stereocenters. The number of aromatic nitrogens is 2. The summed E-state index contributed by atoms with van der Waals surface area (Å²) < 4.78 is 2.71. The number of halogens is 1. The highest BCUT2D eigenvalue weighted by atomic mass is 35.5. The fourth-order valence-electron chi connectivity index (χ4n) is 2.08. The molecule has 0 aliphatic rings. The van der Waals surface area contributed by atoms with E-state index in [9.17, 15) is 4.79 Å². The molecule has 7 heteroatoms. The lowest BCUT2D eigenvalue weighted by Gasteiger charge is -2.05. The molecule has 0 unspecified atom stereocenters. The minimum absolute atomic E-state index is 0.246. The van der Waals surface area contributed by atoms with Crippen LogP contribution in [0, 0.1) is 0 Å². The molecule has 0 saturated carbocycles. The van der Waals surface area contributed by atoms with E-state index in [-0.39, 0.29) is 6.03 Å². The molecule has 23 heavy (non-hydrogen) atoms. The van der Waals surface area contributed by atoms with Crippen LogP contribution in [0.4, 0.5) is 4.79 Å². The van der Waals surface area contributed by atoms with Gasteiger partial charge in [-0.3, -0.25) is 4.72 Å². The number of imidazole rings is 1. The SMILES string of the molecule is O=C(NCCc1ccc(Cl)cc1)NSc1nc2ccccc2[nH]1. The minimum atomic E-state index is -0.246. The van der Waals surface area contributed by atoms with Gasteiger partial charge in [-0.2, -0.15) is 0 Å². The van der Waals surface area contributed by atoms with Crippen molar-refractivity contribution >= 4 is 40.6 Å². The molecular weight excluding hydrogens is 332 g/mol. The number of urea groups is 1. The van der Waals surface area contributed by atoms with E-state index >= 15 is 0 Å². The predicted octanol–water partition coefficient (Wildman–Crippen LogP) is 3.77. The average Bonchev–Trinajstić information content (AvgIpc) is 2.98. The van der Waals surface area contributed by atoms with Crippen LogP contribution in [0.3, 0.4) is 0 Å². The summed E-state index contributed by atoms with van der Waals surface area (Å²) in [6, 6.07) is 15.1. The van der Waals surface area contributed by atoms with Gasteiger partial charge < -0.3 is 10.3 Å². The molecule has 0 bridgehead atoms. The summed E-state index contributed by atoms with van der Waals surface area (Å²) in [5.41, 5.74) is 2.94. The van der Waals surface area contributed by atoms with E-state index < -0.39 is 0 Å². The van der Waals surface area contributed by atoms with Crippen molar-refractivity contribution < 1.29 is 4.79 Å². The van der Waals surface area contributed by atoms with Crippen LogP contribution < -0.4 is 10.0 Å². The van der Waals surface area contributed by atoms with Gasteiger partial charge in [0, 0.05) is 23.5 Å². The van der Waals surface area contributed by atoms with Crippen molar-refractivity contribution in [1.82, 2.24) is 20.0 Å². The second-order valence-corrected chi connectivity index (χ2v) is 6.13. The normalized spacial score (nSPS) is 10.7. The summed E-state index contributed by atoms with van der Waals surface area (Å²) in [7, 11) is 0. The van der Waals surface area contributed by atoms with Crippen molar-refractivity contribution in [2.75, 3.05) is 6.54 Å². The smallest absolute Gasteiger partial charge is 0.325 e. The first-order chi connectivity index (χ1) is 11.2. The number of carbonyl (C=O) groups is 1. The van der Waals surface area contributed by atoms with Crippen LogP contribution in [0.2, 0.25) is 5.02 Å². The first-order valence-electron chi connectivity index (χ1n) is 7.10. The number of hydrogen-bond donors (Lipinski definition) is 3. The van der Waals surface area contributed by atoms with E-state index in [1.165, 1.54) is 0 Å². The quantitative estimate of drug-likeness (QED) is 0.616. The van der Waals surface area contributed by atoms with E-state index in [1.54, 1.807) is 0 Å². The Morgan fingerprint density at radius 1 is 1.17 bits per heavy atom. The second kappa shape index (κ2) is 7.39. The highest BCUT2D eigenvalue weighted by molar-refractivity contribution is 7.97. The van der Waals surface area contributed by atoms with Gasteiger partial charge in [0.25, 0.3) is 0 Å². The zero-order valence-electron chi connectivity index (χ0n) is 12.2. The molecule has 3 rings (SSSR count). The van der Waals surface area contributed by atoms with Gasteiger partial charge in [0.2, 0.25) is 0 Å². The van der Waals surface area contributed by atoms with Gasteiger partial charge in [0.05, 0.1) is 11.0 Å². The van der Waals surface area contributed by atoms with Crippen molar-refractivity contribution in [1.29, 1.82) is 0 Å². The molecule has 3 aromatic rings. The number of nitrogens with one attached hydrogen (secondary N) is 3. The fourth-order valence-corrected chi connectivity index (χ4v) is 2.77. The van der Waals surface area contributed by atoms with Gasteiger partial charge in [-0.15, -0.1) is 0 Å². The van der Waals surface area contributed by atoms with Crippen molar-refractivity contribution in [3.63, 3.8) is 0 Å². The Morgan fingerprint density at radius 3 is 2.74 bits per heavy atom. The summed E-state index contributed by atoms with van der Waals surface area (Å²) in [6.45, 7) is 0.550. The molecule has 1 heterocycles. The Kier molecular flexibility index (Phi) is 5.05. The number of carbonyl (C=O) groups excluding carboxylic acids is 1. The monoisotopic (exact) mass is 346 g/mol. The predicted molar refractivity (Wildman–Crippen MR) is 93.6 cm³/mol. The molecule has 1 aromatic heterocycles. The summed E-state index contributed by atoms with van der Waals surface area (Å²) in [4.78, 5) is 19.3. The van der Waals surface area contributed by atoms with Crippen LogP contribution >= 0.6 is 23.5 Å². The minimum Gasteiger partial charge on any atom is -0.337 e. The maximum atomic E-state index is 11.8. The maximum Gasteiger partial charge on any atom is 0.325 e. The topological polar surface area (TPSA) is 69.8 Å². The highest BCUT2D eigenvalue weighted by Crippen LogP contribution is 2.16. The van der Waals surface area contributed by atoms with Gasteiger partial charge in [0.15, 0.2) is 5.16 Å². The number of H-pyrrole nitrogens is 1. The fraction of sp³-hybridized carbons (Fsp3) is 0.125. The number of para-hydroxylation sites is 2. The lowest BCUT2D eigenvalue weighted by Crippen LogP contribution is -2.32. The number of aromatic amines is 1. The molecule has 0 aliphatic heterocycles. The number of benzene rings is 2. The molecule has 0 fully saturated rings. The first-order valence-corrected chi connectivity index (χ1v) is 8.30. The van der Waals surface area contributed by atoms with Gasteiger partial charge in [-0.1, -0.05) is 35.9 Å². The number of amides is 2. The van der Waals surface area contributed by atoms with E-state index in [0.29, 0.717) is 16.7 Å². The number of rotatable bonds is 5. The van der Waals surface area contributed by atoms with Crippen molar-refractivity contribution in [2.24, 2.45) is 0 Å². The largest absolute Gasteiger partial charge is 0.337 e. The molecule has 0 saturated heterocycles. The summed E-state index contributed by atoms with van der Waals surface area (Å²) in [5.74, 6) is 0. The van der Waals surface area contributed by atoms with Crippen molar-refractivity contribution in [3.05, 3.63) is 59.1 Å². The standard InChI is InChI=1S/C16H15ClN4OS/c17-12-7-5-11(6-8-12)9-10-18-15(22)21-23-16-19-13-3-1-2-4-14(13)20-16/h1-8H,9-10H2,(H,19,20)(H2,18,21,22). The van der Waals surface area contributed by atoms with Crippen LogP contribution in [0.1, 0.15) is 5.56 Å². The Bertz CT molecular complexity index is 770. The van der Waals surface area contributed by atoms with Crippen LogP contribution in [0.15, 0.2) is 53.7 Å². The van der Waals surface area contributed by atoms with E-state index in [1.807, 2.05) is 48.5 Å². The third kappa shape index (κ3) is 4.40. The summed E-state index contributed by atoms with van der Waals surface area (Å²) in [5, 5.41) is 4.17. The lowest BCUT2D eigenvalue weighted by atomic mass is 10.1. The molecule has 118 valence electrons. The Balaban J connectivity index is 1.43. The van der Waals surface area contributed by atoms with Gasteiger partial charge in [0.1, 0.15) is 0 Å². The average molecular weight is 347 g/mol. The zero-order valence-corrected chi connectivity index (χ0v) is 13.7. The zero-order chi connectivity index (χ0) is 16.1. The van der Waals surface area contributed by atoms with Crippen LogP contribution in [-0.2, 0) is 6.42 Å². The molecule has 0 aliphatic carbocycles. The van der Waals surface area contributed by atoms with Crippen LogP contribution in [0.25, 0.3) is 11.0 Å². The third-order valence-electron chi connectivity index (χ3n) is 3.22. The third-order valence-corrected chi connectivity index (χ3v) is 4.15. The Morgan fingerprint density at radius 2 is 1.96 bits per heavy atom. The molecular formula is C16H15ClN4OS. The highest BCUT2D eigenvalue weighted by Gasteiger charge is 2.05. The lowest BCUT2D eigenvalue weighted by molar-refractivity contribution is 0.246. The van der Waals surface area contributed by atoms with Crippen LogP contribution in [-0.4, -0.2) is 22.5 Å². The second-order valence-electron chi connectivity index (χ2n) is 4.90. The van der Waals surface area contributed by atoms with E-state index in [4.69, 9.17) is 11.6 Å². The van der Waals surface area contributed by atoms with Gasteiger partial charge in [-0.05, 0) is 36.2 Å². The van der Waals surface area contributed by atoms with Crippen molar-refractivity contribution in [2.45, 2.75) is 11.6 Å². The molecule has 5 nitrogen and oxygen atoms in total. The molecule has 2 amide bonds. The number of fused-ring (bicyclic) bond motifs is 1. The van der Waals surface area contributed by atoms with E-state index in [0.717, 1.165) is 35.0 Å². The maximum absolute atomic E-state index is 11.8. The Labute approximate surface area is 143 Å². The summed E-state index contributed by atoms with van der Waals surface area (Å²) >= 11 is 6.99. The Hall–Kier alpha value is -2.18. The number of nitrogens with zero attached hydrogens (tertiary/aromatic N) is 1. The van der Waals surface area contributed by atoms with Crippen molar-refractivity contribution in [3.8, 4) is 0 Å². The van der Waals surface area contributed by atoms with Gasteiger partial charge >= 0.3 is 6.03 Å². The number of hydrogen-bond acceptors (Lipinski definition) is 3. The van der Waals surface area contributed by atoms with E-state index in [2.05, 4.69) is 20.0 Å². The molecule has 3 N–H and O–H groups in total. The van der Waals surface area contributed by atoms with Crippen LogP contribution in [0.5, 0.6) is 0 Å².